The Bertz CT molecular complexity index is 1150. The van der Waals surface area contributed by atoms with Crippen LogP contribution in [0.4, 0.5) is 5.82 Å². The van der Waals surface area contributed by atoms with Crippen LogP contribution in [-0.4, -0.2) is 26.5 Å². The lowest BCUT2D eigenvalue weighted by Crippen LogP contribution is -2.22. The number of ketones is 1. The molecule has 1 aromatic carbocycles. The van der Waals surface area contributed by atoms with Crippen LogP contribution in [0.25, 0.3) is 11.1 Å². The lowest BCUT2D eigenvalue weighted by Gasteiger charge is -2.18. The summed E-state index contributed by atoms with van der Waals surface area (Å²) in [5, 5.41) is 7.23. The smallest absolute Gasteiger partial charge is 0.228 e. The maximum absolute atomic E-state index is 12.6. The first kappa shape index (κ1) is 21.9. The molecule has 2 heterocycles. The van der Waals surface area contributed by atoms with Gasteiger partial charge in [-0.3, -0.25) is 14.3 Å². The average molecular weight is 431 g/mol. The van der Waals surface area contributed by atoms with Crippen molar-refractivity contribution in [3.05, 3.63) is 65.6 Å². The average Bonchev–Trinajstić information content (AvgIpc) is 3.48. The number of nitrogens with one attached hydrogen (secondary N) is 1. The Hall–Kier alpha value is -3.28. The van der Waals surface area contributed by atoms with E-state index in [1.54, 1.807) is 12.4 Å². The molecule has 0 radical (unpaired) electrons. The number of anilines is 1. The Balaban J connectivity index is 1.41. The number of carbonyl (C=O) groups excluding carboxylic acids is 2. The Kier molecular flexibility index (Phi) is 5.96. The Morgan fingerprint density at radius 1 is 1.12 bits per heavy atom. The Labute approximate surface area is 189 Å². The Morgan fingerprint density at radius 3 is 2.53 bits per heavy atom. The lowest BCUT2D eigenvalue weighted by molar-refractivity contribution is -0.117. The van der Waals surface area contributed by atoms with Gasteiger partial charge in [0.1, 0.15) is 5.82 Å². The van der Waals surface area contributed by atoms with Crippen LogP contribution in [0.3, 0.4) is 0 Å². The number of rotatable bonds is 7. The van der Waals surface area contributed by atoms with Gasteiger partial charge in [-0.05, 0) is 81.3 Å². The van der Waals surface area contributed by atoms with Gasteiger partial charge in [0.15, 0.2) is 5.78 Å². The van der Waals surface area contributed by atoms with Crippen molar-refractivity contribution < 1.29 is 9.59 Å². The van der Waals surface area contributed by atoms with E-state index in [1.807, 2.05) is 23.0 Å². The van der Waals surface area contributed by atoms with Crippen LogP contribution in [0.1, 0.15) is 61.5 Å². The largest absolute Gasteiger partial charge is 0.310 e. The molecule has 0 atom stereocenters. The molecule has 6 nitrogen and oxygen atoms in total. The minimum absolute atomic E-state index is 0.0545. The normalized spacial score (nSPS) is 13.8. The number of amides is 1. The fourth-order valence-corrected chi connectivity index (χ4v) is 3.63. The third kappa shape index (κ3) is 5.13. The summed E-state index contributed by atoms with van der Waals surface area (Å²) in [5.74, 6) is 0.892. The summed E-state index contributed by atoms with van der Waals surface area (Å²) in [6.45, 7) is 8.25. The number of aryl methyl sites for hydroxylation is 2. The SMILES string of the molecule is Cc1cc(-c2ccnc(NC(=O)C3CC3)c2)ccc1CCC(=O)c1cnn(C(C)(C)C)c1. The number of benzene rings is 1. The molecule has 0 aliphatic heterocycles. The molecule has 3 aromatic rings. The third-order valence-electron chi connectivity index (χ3n) is 5.85. The van der Waals surface area contributed by atoms with E-state index >= 15 is 0 Å². The summed E-state index contributed by atoms with van der Waals surface area (Å²) in [5.41, 5.74) is 4.88. The van der Waals surface area contributed by atoms with E-state index in [4.69, 9.17) is 0 Å². The molecule has 6 heteroatoms. The van der Waals surface area contributed by atoms with Crippen LogP contribution in [0, 0.1) is 12.8 Å². The maximum Gasteiger partial charge on any atom is 0.228 e. The Morgan fingerprint density at radius 2 is 1.88 bits per heavy atom. The van der Waals surface area contributed by atoms with Gasteiger partial charge in [-0.15, -0.1) is 0 Å². The maximum atomic E-state index is 12.6. The number of pyridine rings is 1. The number of hydrogen-bond donors (Lipinski definition) is 1. The molecule has 2 aromatic heterocycles. The van der Waals surface area contributed by atoms with Gasteiger partial charge in [0, 0.05) is 24.7 Å². The van der Waals surface area contributed by atoms with Crippen LogP contribution in [-0.2, 0) is 16.8 Å². The zero-order valence-electron chi connectivity index (χ0n) is 19.2. The molecular formula is C26H30N4O2. The molecule has 1 saturated carbocycles. The summed E-state index contributed by atoms with van der Waals surface area (Å²) in [7, 11) is 0. The molecule has 1 amide bonds. The number of hydrogen-bond acceptors (Lipinski definition) is 4. The number of Topliss-reactive ketones (excluding diaryl/α,β-unsaturated/α-hetero) is 1. The molecule has 32 heavy (non-hydrogen) atoms. The van der Waals surface area contributed by atoms with E-state index < -0.39 is 0 Å². The molecular weight excluding hydrogens is 400 g/mol. The lowest BCUT2D eigenvalue weighted by atomic mass is 9.96. The van der Waals surface area contributed by atoms with Gasteiger partial charge in [-0.2, -0.15) is 5.10 Å². The van der Waals surface area contributed by atoms with E-state index in [1.165, 1.54) is 0 Å². The summed E-state index contributed by atoms with van der Waals surface area (Å²) < 4.78 is 1.83. The second-order valence-electron chi connectivity index (χ2n) is 9.60. The van der Waals surface area contributed by atoms with Gasteiger partial charge >= 0.3 is 0 Å². The van der Waals surface area contributed by atoms with Crippen molar-refractivity contribution in [2.24, 2.45) is 5.92 Å². The van der Waals surface area contributed by atoms with Crippen molar-refractivity contribution in [1.29, 1.82) is 0 Å². The van der Waals surface area contributed by atoms with Crippen LogP contribution in [0.15, 0.2) is 48.9 Å². The van der Waals surface area contributed by atoms with Gasteiger partial charge in [-0.25, -0.2) is 4.98 Å². The minimum atomic E-state index is -0.140. The van der Waals surface area contributed by atoms with E-state index in [9.17, 15) is 9.59 Å². The van der Waals surface area contributed by atoms with Gasteiger partial charge in [0.05, 0.1) is 17.3 Å². The monoisotopic (exact) mass is 430 g/mol. The van der Waals surface area contributed by atoms with Crippen molar-refractivity contribution in [2.75, 3.05) is 5.32 Å². The first-order valence-electron chi connectivity index (χ1n) is 11.2. The van der Waals surface area contributed by atoms with Crippen LogP contribution < -0.4 is 5.32 Å². The molecule has 0 saturated heterocycles. The molecule has 1 aliphatic rings. The van der Waals surface area contributed by atoms with Gasteiger partial charge < -0.3 is 5.32 Å². The highest BCUT2D eigenvalue weighted by Crippen LogP contribution is 2.30. The van der Waals surface area contributed by atoms with Crippen LogP contribution in [0.2, 0.25) is 0 Å². The first-order valence-corrected chi connectivity index (χ1v) is 11.2. The highest BCUT2D eigenvalue weighted by atomic mass is 16.2. The van der Waals surface area contributed by atoms with E-state index in [0.717, 1.165) is 35.1 Å². The molecule has 4 rings (SSSR count). The number of aromatic nitrogens is 3. The predicted molar refractivity (Wildman–Crippen MR) is 126 cm³/mol. The van der Waals surface area contributed by atoms with Crippen molar-refractivity contribution in [1.82, 2.24) is 14.8 Å². The quantitative estimate of drug-likeness (QED) is 0.525. The highest BCUT2D eigenvalue weighted by Gasteiger charge is 2.29. The summed E-state index contributed by atoms with van der Waals surface area (Å²) in [6.07, 6.45) is 8.28. The van der Waals surface area contributed by atoms with E-state index in [2.05, 4.69) is 61.3 Å². The molecule has 1 aliphatic carbocycles. The van der Waals surface area contributed by atoms with Crippen LogP contribution in [0.5, 0.6) is 0 Å². The standard InChI is InChI=1S/C26H30N4O2/c1-17-13-20(21-11-12-27-24(14-21)29-25(32)19-6-7-19)8-5-18(17)9-10-23(31)22-15-28-30(16-22)26(2,3)4/h5,8,11-16,19H,6-7,9-10H2,1-4H3,(H,27,29,32). The zero-order chi connectivity index (χ0) is 22.9. The molecule has 0 bridgehead atoms. The fourth-order valence-electron chi connectivity index (χ4n) is 3.63. The number of carbonyl (C=O) groups is 2. The van der Waals surface area contributed by atoms with Crippen molar-refractivity contribution in [2.45, 2.75) is 58.9 Å². The van der Waals surface area contributed by atoms with E-state index in [-0.39, 0.29) is 23.1 Å². The summed E-state index contributed by atoms with van der Waals surface area (Å²) in [6, 6.07) is 10.1. The molecule has 1 fully saturated rings. The van der Waals surface area contributed by atoms with Gasteiger partial charge in [-0.1, -0.05) is 18.2 Å². The molecule has 1 N–H and O–H groups in total. The van der Waals surface area contributed by atoms with Crippen molar-refractivity contribution in [3.63, 3.8) is 0 Å². The summed E-state index contributed by atoms with van der Waals surface area (Å²) >= 11 is 0. The second kappa shape index (κ2) is 8.69. The minimum Gasteiger partial charge on any atom is -0.310 e. The fraction of sp³-hybridized carbons (Fsp3) is 0.385. The zero-order valence-corrected chi connectivity index (χ0v) is 19.2. The number of nitrogens with zero attached hydrogens (tertiary/aromatic N) is 3. The van der Waals surface area contributed by atoms with Gasteiger partial charge in [0.25, 0.3) is 0 Å². The predicted octanol–water partition coefficient (Wildman–Crippen LogP) is 5.17. The molecule has 166 valence electrons. The van der Waals surface area contributed by atoms with Gasteiger partial charge in [0.2, 0.25) is 5.91 Å². The molecule has 0 unspecified atom stereocenters. The topological polar surface area (TPSA) is 76.9 Å². The van der Waals surface area contributed by atoms with Crippen molar-refractivity contribution >= 4 is 17.5 Å². The third-order valence-corrected chi connectivity index (χ3v) is 5.85. The first-order chi connectivity index (χ1) is 15.2. The van der Waals surface area contributed by atoms with E-state index in [0.29, 0.717) is 24.2 Å². The van der Waals surface area contributed by atoms with Crippen LogP contribution >= 0.6 is 0 Å². The highest BCUT2D eigenvalue weighted by molar-refractivity contribution is 5.95. The summed E-state index contributed by atoms with van der Waals surface area (Å²) in [4.78, 5) is 28.9. The van der Waals surface area contributed by atoms with Crippen molar-refractivity contribution in [3.8, 4) is 11.1 Å². The second-order valence-corrected chi connectivity index (χ2v) is 9.60. The molecule has 0 spiro atoms.